The monoisotopic (exact) mass is 206 g/mol. The number of carbonyl (C=O) groups excluding carboxylic acids is 1. The number of hydrogen-bond acceptors (Lipinski definition) is 2. The number of nitrogens with zero attached hydrogens (tertiary/aromatic N) is 1. The molecular weight excluding hydrogens is 188 g/mol. The van der Waals surface area contributed by atoms with Gasteiger partial charge in [-0.25, -0.2) is 0 Å². The fourth-order valence-corrected chi connectivity index (χ4v) is 3.02. The van der Waals surface area contributed by atoms with E-state index in [-0.39, 0.29) is 12.3 Å². The fraction of sp³-hybridized carbons (Fsp3) is 0.750. The van der Waals surface area contributed by atoms with Crippen molar-refractivity contribution in [2.24, 2.45) is 11.8 Å². The maximum absolute atomic E-state index is 11.8. The summed E-state index contributed by atoms with van der Waals surface area (Å²) >= 11 is 0. The average molecular weight is 206 g/mol. The second-order valence-corrected chi connectivity index (χ2v) is 4.48. The molecule has 2 heterocycles. The molecule has 3 atom stereocenters. The molecule has 3 unspecified atom stereocenters. The van der Waals surface area contributed by atoms with Crippen molar-refractivity contribution in [1.29, 1.82) is 0 Å². The number of likely N-dealkylation sites (tertiary alicyclic amines) is 1. The lowest BCUT2D eigenvalue weighted by Gasteiger charge is -2.26. The van der Waals surface area contributed by atoms with E-state index in [1.807, 2.05) is 4.90 Å². The lowest BCUT2D eigenvalue weighted by Crippen LogP contribution is -2.39. The van der Waals surface area contributed by atoms with Crippen molar-refractivity contribution in [3.63, 3.8) is 0 Å². The molecule has 1 N–H and O–H groups in total. The molecule has 0 aliphatic carbocycles. The maximum atomic E-state index is 11.8. The summed E-state index contributed by atoms with van der Waals surface area (Å²) in [5.74, 6) is 3.89. The van der Waals surface area contributed by atoms with E-state index in [0.717, 1.165) is 26.1 Å². The summed E-state index contributed by atoms with van der Waals surface area (Å²) in [7, 11) is 0. The van der Waals surface area contributed by atoms with E-state index < -0.39 is 0 Å². The number of amides is 1. The van der Waals surface area contributed by atoms with Gasteiger partial charge in [-0.3, -0.25) is 4.79 Å². The van der Waals surface area contributed by atoms with Crippen LogP contribution in [0.1, 0.15) is 19.8 Å². The van der Waals surface area contributed by atoms with E-state index in [9.17, 15) is 4.79 Å². The SMILES string of the molecule is C#CCC(=O)N1CC2CNCC2C1CC. The third kappa shape index (κ3) is 1.74. The first-order valence-corrected chi connectivity index (χ1v) is 5.71. The van der Waals surface area contributed by atoms with Crippen LogP contribution in [0.4, 0.5) is 0 Å². The van der Waals surface area contributed by atoms with E-state index in [0.29, 0.717) is 17.9 Å². The molecule has 3 nitrogen and oxygen atoms in total. The molecule has 2 aliphatic heterocycles. The zero-order valence-electron chi connectivity index (χ0n) is 9.20. The van der Waals surface area contributed by atoms with Gasteiger partial charge in [-0.2, -0.15) is 0 Å². The molecule has 2 saturated heterocycles. The molecule has 2 fully saturated rings. The van der Waals surface area contributed by atoms with Gasteiger partial charge in [-0.1, -0.05) is 12.8 Å². The molecule has 0 saturated carbocycles. The van der Waals surface area contributed by atoms with Crippen LogP contribution >= 0.6 is 0 Å². The second kappa shape index (κ2) is 4.24. The largest absolute Gasteiger partial charge is 0.338 e. The van der Waals surface area contributed by atoms with Crippen LogP contribution in [0.5, 0.6) is 0 Å². The van der Waals surface area contributed by atoms with Crippen LogP contribution in [-0.2, 0) is 4.79 Å². The quantitative estimate of drug-likeness (QED) is 0.666. The molecule has 0 radical (unpaired) electrons. The van der Waals surface area contributed by atoms with Gasteiger partial charge in [0.25, 0.3) is 0 Å². The highest BCUT2D eigenvalue weighted by molar-refractivity contribution is 5.79. The summed E-state index contributed by atoms with van der Waals surface area (Å²) in [5.41, 5.74) is 0. The van der Waals surface area contributed by atoms with Gasteiger partial charge in [0.05, 0.1) is 6.42 Å². The third-order valence-electron chi connectivity index (χ3n) is 3.71. The summed E-state index contributed by atoms with van der Waals surface area (Å²) < 4.78 is 0. The minimum absolute atomic E-state index is 0.138. The van der Waals surface area contributed by atoms with Crippen molar-refractivity contribution >= 4 is 5.91 Å². The summed E-state index contributed by atoms with van der Waals surface area (Å²) in [6.45, 7) is 5.17. The first-order valence-electron chi connectivity index (χ1n) is 5.71. The van der Waals surface area contributed by atoms with Gasteiger partial charge < -0.3 is 10.2 Å². The van der Waals surface area contributed by atoms with Gasteiger partial charge in [0, 0.05) is 25.7 Å². The Morgan fingerprint density at radius 2 is 2.40 bits per heavy atom. The Morgan fingerprint density at radius 1 is 1.60 bits per heavy atom. The van der Waals surface area contributed by atoms with Crippen LogP contribution in [0, 0.1) is 24.2 Å². The molecule has 15 heavy (non-hydrogen) atoms. The van der Waals surface area contributed by atoms with E-state index >= 15 is 0 Å². The first-order chi connectivity index (χ1) is 7.27. The predicted octanol–water partition coefficient (Wildman–Crippen LogP) is 0.466. The summed E-state index contributed by atoms with van der Waals surface area (Å²) in [6.07, 6.45) is 6.48. The maximum Gasteiger partial charge on any atom is 0.234 e. The van der Waals surface area contributed by atoms with Crippen molar-refractivity contribution in [1.82, 2.24) is 10.2 Å². The summed E-state index contributed by atoms with van der Waals surface area (Å²) in [4.78, 5) is 13.8. The normalized spacial score (nSPS) is 33.9. The molecule has 3 heteroatoms. The molecule has 0 aromatic carbocycles. The predicted molar refractivity (Wildman–Crippen MR) is 59.1 cm³/mol. The molecule has 2 rings (SSSR count). The highest BCUT2D eigenvalue weighted by Gasteiger charge is 2.44. The summed E-state index contributed by atoms with van der Waals surface area (Å²) in [6, 6.07) is 0.408. The molecule has 1 amide bonds. The van der Waals surface area contributed by atoms with Crippen LogP contribution in [0.3, 0.4) is 0 Å². The van der Waals surface area contributed by atoms with Crippen LogP contribution in [0.25, 0.3) is 0 Å². The molecule has 0 aromatic heterocycles. The van der Waals surface area contributed by atoms with Crippen LogP contribution in [-0.4, -0.2) is 36.5 Å². The Bertz CT molecular complexity index is 294. The van der Waals surface area contributed by atoms with E-state index in [2.05, 4.69) is 18.2 Å². The number of nitrogens with one attached hydrogen (secondary N) is 1. The smallest absolute Gasteiger partial charge is 0.234 e. The third-order valence-corrected chi connectivity index (χ3v) is 3.71. The molecule has 0 aromatic rings. The lowest BCUT2D eigenvalue weighted by molar-refractivity contribution is -0.131. The number of terminal acetylenes is 1. The van der Waals surface area contributed by atoms with Crippen molar-refractivity contribution in [3.8, 4) is 12.3 Å². The van der Waals surface area contributed by atoms with Gasteiger partial charge >= 0.3 is 0 Å². The van der Waals surface area contributed by atoms with Gasteiger partial charge in [0.2, 0.25) is 5.91 Å². The van der Waals surface area contributed by atoms with E-state index in [4.69, 9.17) is 6.42 Å². The van der Waals surface area contributed by atoms with Gasteiger partial charge in [-0.15, -0.1) is 6.42 Å². The van der Waals surface area contributed by atoms with Crippen LogP contribution in [0.15, 0.2) is 0 Å². The van der Waals surface area contributed by atoms with Gasteiger partial charge in [0.1, 0.15) is 0 Å². The summed E-state index contributed by atoms with van der Waals surface area (Å²) in [5, 5.41) is 3.40. The second-order valence-electron chi connectivity index (χ2n) is 4.48. The number of rotatable bonds is 2. The Labute approximate surface area is 91.2 Å². The highest BCUT2D eigenvalue weighted by Crippen LogP contribution is 2.34. The standard InChI is InChI=1S/C12H18N2O/c1-3-5-12(15)14-8-9-6-13-7-10(9)11(14)4-2/h1,9-11,13H,4-8H2,2H3. The Kier molecular flexibility index (Phi) is 2.97. The van der Waals surface area contributed by atoms with Crippen molar-refractivity contribution in [2.45, 2.75) is 25.8 Å². The average Bonchev–Trinajstić information content (AvgIpc) is 2.76. The molecule has 2 aliphatic rings. The Morgan fingerprint density at radius 3 is 3.07 bits per heavy atom. The molecule has 0 bridgehead atoms. The highest BCUT2D eigenvalue weighted by atomic mass is 16.2. The minimum Gasteiger partial charge on any atom is -0.338 e. The zero-order valence-corrected chi connectivity index (χ0v) is 9.20. The van der Waals surface area contributed by atoms with Gasteiger partial charge in [-0.05, 0) is 18.3 Å². The van der Waals surface area contributed by atoms with Crippen LogP contribution in [0.2, 0.25) is 0 Å². The van der Waals surface area contributed by atoms with Crippen molar-refractivity contribution < 1.29 is 4.79 Å². The number of hydrogen-bond donors (Lipinski definition) is 1. The Hall–Kier alpha value is -1.01. The minimum atomic E-state index is 0.138. The number of fused-ring (bicyclic) bond motifs is 1. The zero-order chi connectivity index (χ0) is 10.8. The molecular formula is C12H18N2O. The Balaban J connectivity index is 2.07. The number of carbonyl (C=O) groups is 1. The molecule has 82 valence electrons. The first kappa shape index (κ1) is 10.5. The van der Waals surface area contributed by atoms with E-state index in [1.165, 1.54) is 0 Å². The van der Waals surface area contributed by atoms with E-state index in [1.54, 1.807) is 0 Å². The lowest BCUT2D eigenvalue weighted by atomic mass is 9.93. The molecule has 0 spiro atoms. The van der Waals surface area contributed by atoms with Crippen molar-refractivity contribution in [3.05, 3.63) is 0 Å². The van der Waals surface area contributed by atoms with Crippen molar-refractivity contribution in [2.75, 3.05) is 19.6 Å². The topological polar surface area (TPSA) is 32.3 Å². The van der Waals surface area contributed by atoms with Gasteiger partial charge in [0.15, 0.2) is 0 Å². The van der Waals surface area contributed by atoms with Crippen LogP contribution < -0.4 is 5.32 Å². The fourth-order valence-electron chi connectivity index (χ4n) is 3.02.